The molecule has 2 N–H and O–H groups in total. The predicted molar refractivity (Wildman–Crippen MR) is 121 cm³/mol. The number of aryl methyl sites for hydroxylation is 1. The van der Waals surface area contributed by atoms with E-state index in [2.05, 4.69) is 15.8 Å². The van der Waals surface area contributed by atoms with E-state index in [1.807, 2.05) is 0 Å². The van der Waals surface area contributed by atoms with Gasteiger partial charge in [-0.05, 0) is 61.9 Å². The minimum Gasteiger partial charge on any atom is -0.457 e. The number of aromatic nitrogens is 1. The van der Waals surface area contributed by atoms with Crippen molar-refractivity contribution in [2.24, 2.45) is 0 Å². The van der Waals surface area contributed by atoms with Crippen molar-refractivity contribution in [3.05, 3.63) is 65.4 Å². The first-order valence-corrected chi connectivity index (χ1v) is 10.5. The van der Waals surface area contributed by atoms with Crippen LogP contribution in [0.5, 0.6) is 11.5 Å². The van der Waals surface area contributed by atoms with Crippen LogP contribution in [0.4, 0.5) is 11.5 Å². The number of anilines is 2. The van der Waals surface area contributed by atoms with Crippen LogP contribution in [-0.2, 0) is 19.1 Å². The van der Waals surface area contributed by atoms with E-state index in [-0.39, 0.29) is 31.0 Å². The van der Waals surface area contributed by atoms with Crippen LogP contribution < -0.4 is 15.4 Å². The Bertz CT molecular complexity index is 1100. The summed E-state index contributed by atoms with van der Waals surface area (Å²) in [5.41, 5.74) is 0.603. The second-order valence-electron chi connectivity index (χ2n) is 7.01. The molecule has 0 bridgehead atoms. The van der Waals surface area contributed by atoms with E-state index < -0.39 is 18.5 Å². The predicted octanol–water partition coefficient (Wildman–Crippen LogP) is 4.72. The number of hydrogen-bond donors (Lipinski definition) is 2. The summed E-state index contributed by atoms with van der Waals surface area (Å²) in [5.74, 6) is 0.705. The normalized spacial score (nSPS) is 10.4. The van der Waals surface area contributed by atoms with E-state index in [4.69, 9.17) is 25.6 Å². The Labute approximate surface area is 195 Å². The van der Waals surface area contributed by atoms with Crippen molar-refractivity contribution in [1.29, 1.82) is 0 Å². The molecule has 2 amide bonds. The minimum absolute atomic E-state index is 0.0115. The highest BCUT2D eigenvalue weighted by Gasteiger charge is 2.11. The molecule has 0 radical (unpaired) electrons. The Morgan fingerprint density at radius 3 is 2.24 bits per heavy atom. The quantitative estimate of drug-likeness (QED) is 0.410. The van der Waals surface area contributed by atoms with Gasteiger partial charge >= 0.3 is 5.97 Å². The number of carbonyl (C=O) groups excluding carboxylic acids is 3. The van der Waals surface area contributed by atoms with Gasteiger partial charge in [0.15, 0.2) is 12.4 Å². The molecule has 0 aliphatic carbocycles. The number of esters is 1. The number of halogens is 1. The Kier molecular flexibility index (Phi) is 8.43. The van der Waals surface area contributed by atoms with Crippen molar-refractivity contribution in [3.8, 4) is 11.5 Å². The number of ether oxygens (including phenoxy) is 2. The zero-order valence-electron chi connectivity index (χ0n) is 17.8. The highest BCUT2D eigenvalue weighted by Crippen LogP contribution is 2.24. The van der Waals surface area contributed by atoms with Crippen LogP contribution in [0.2, 0.25) is 5.02 Å². The summed E-state index contributed by atoms with van der Waals surface area (Å²) >= 11 is 5.85. The summed E-state index contributed by atoms with van der Waals surface area (Å²) in [7, 11) is 0. The maximum Gasteiger partial charge on any atom is 0.306 e. The van der Waals surface area contributed by atoms with E-state index in [1.165, 1.54) is 0 Å². The first-order chi connectivity index (χ1) is 15.9. The first-order valence-electron chi connectivity index (χ1n) is 10.1. The van der Waals surface area contributed by atoms with Gasteiger partial charge in [0.05, 0.1) is 0 Å². The lowest BCUT2D eigenvalue weighted by atomic mass is 10.2. The van der Waals surface area contributed by atoms with Gasteiger partial charge in [-0.3, -0.25) is 14.4 Å². The fraction of sp³-hybridized carbons (Fsp3) is 0.217. The van der Waals surface area contributed by atoms with Crippen molar-refractivity contribution >= 4 is 40.9 Å². The van der Waals surface area contributed by atoms with E-state index in [9.17, 15) is 14.4 Å². The summed E-state index contributed by atoms with van der Waals surface area (Å²) in [4.78, 5) is 35.5. The van der Waals surface area contributed by atoms with E-state index in [0.717, 1.165) is 0 Å². The minimum atomic E-state index is -0.571. The molecule has 2 aromatic carbocycles. The second kappa shape index (κ2) is 11.7. The maximum atomic E-state index is 12.1. The number of nitrogens with zero attached hydrogens (tertiary/aromatic N) is 1. The topological polar surface area (TPSA) is 120 Å². The number of amides is 2. The largest absolute Gasteiger partial charge is 0.457 e. The molecule has 1 aromatic heterocycles. The first kappa shape index (κ1) is 23.8. The van der Waals surface area contributed by atoms with Crippen LogP contribution in [0.25, 0.3) is 0 Å². The number of rotatable bonds is 10. The van der Waals surface area contributed by atoms with Gasteiger partial charge in [0.1, 0.15) is 17.3 Å². The van der Waals surface area contributed by atoms with Gasteiger partial charge in [-0.15, -0.1) is 0 Å². The van der Waals surface area contributed by atoms with Crippen molar-refractivity contribution in [3.63, 3.8) is 0 Å². The van der Waals surface area contributed by atoms with Gasteiger partial charge in [-0.25, -0.2) is 0 Å². The third-order valence-electron chi connectivity index (χ3n) is 4.23. The van der Waals surface area contributed by atoms with Gasteiger partial charge in [0, 0.05) is 29.6 Å². The number of nitrogens with one attached hydrogen (secondary N) is 2. The molecule has 0 spiro atoms. The van der Waals surface area contributed by atoms with E-state index in [1.54, 1.807) is 61.5 Å². The van der Waals surface area contributed by atoms with Crippen molar-refractivity contribution in [2.75, 3.05) is 17.2 Å². The molecular weight excluding hydrogens is 450 g/mol. The lowest BCUT2D eigenvalue weighted by molar-refractivity contribution is -0.147. The van der Waals surface area contributed by atoms with Crippen LogP contribution in [0.15, 0.2) is 59.1 Å². The van der Waals surface area contributed by atoms with E-state index >= 15 is 0 Å². The van der Waals surface area contributed by atoms with Crippen LogP contribution in [-0.4, -0.2) is 29.5 Å². The summed E-state index contributed by atoms with van der Waals surface area (Å²) in [6.07, 6.45) is 0.423. The molecule has 0 saturated heterocycles. The molecule has 1 heterocycles. The monoisotopic (exact) mass is 471 g/mol. The summed E-state index contributed by atoms with van der Waals surface area (Å²) in [6.45, 7) is 1.24. The third kappa shape index (κ3) is 8.30. The summed E-state index contributed by atoms with van der Waals surface area (Å²) in [6, 6.07) is 15.4. The molecule has 0 unspecified atom stereocenters. The third-order valence-corrected chi connectivity index (χ3v) is 4.48. The highest BCUT2D eigenvalue weighted by atomic mass is 35.5. The smallest absolute Gasteiger partial charge is 0.306 e. The van der Waals surface area contributed by atoms with Gasteiger partial charge in [-0.2, -0.15) is 0 Å². The van der Waals surface area contributed by atoms with Crippen LogP contribution in [0.3, 0.4) is 0 Å². The van der Waals surface area contributed by atoms with Crippen molar-refractivity contribution in [2.45, 2.75) is 26.2 Å². The van der Waals surface area contributed by atoms with Crippen LogP contribution in [0.1, 0.15) is 25.0 Å². The molecule has 0 atom stereocenters. The zero-order valence-corrected chi connectivity index (χ0v) is 18.6. The Balaban J connectivity index is 1.32. The van der Waals surface area contributed by atoms with Gasteiger partial charge in [-0.1, -0.05) is 16.8 Å². The highest BCUT2D eigenvalue weighted by molar-refractivity contribution is 6.30. The molecule has 9 nitrogen and oxygen atoms in total. The molecule has 33 heavy (non-hydrogen) atoms. The molecular formula is C23H22ClN3O6. The molecule has 172 valence electrons. The molecule has 0 aliphatic heterocycles. The van der Waals surface area contributed by atoms with E-state index in [0.29, 0.717) is 28.0 Å². The molecule has 10 heteroatoms. The Morgan fingerprint density at radius 1 is 0.939 bits per heavy atom. The number of benzene rings is 2. The molecule has 0 saturated carbocycles. The SMILES string of the molecule is Cc1cc(NC(=O)COC(=O)CCCC(=O)Nc2ccc(Oc3ccc(Cl)cc3)cc2)no1. The Hall–Kier alpha value is -3.85. The standard InChI is InChI=1S/C23H22ClN3O6/c1-15-13-20(27-33-15)26-22(29)14-31-23(30)4-2-3-21(28)25-17-7-11-19(12-8-17)32-18-9-5-16(24)6-10-18/h5-13H,2-4,14H2,1H3,(H,25,28)(H,26,27,29). The fourth-order valence-electron chi connectivity index (χ4n) is 2.68. The number of hydrogen-bond acceptors (Lipinski definition) is 7. The lowest BCUT2D eigenvalue weighted by Crippen LogP contribution is -2.21. The maximum absolute atomic E-state index is 12.1. The van der Waals surface area contributed by atoms with Crippen molar-refractivity contribution < 1.29 is 28.4 Å². The summed E-state index contributed by atoms with van der Waals surface area (Å²) < 4.78 is 15.4. The average molecular weight is 472 g/mol. The Morgan fingerprint density at radius 2 is 1.61 bits per heavy atom. The molecule has 3 rings (SSSR count). The van der Waals surface area contributed by atoms with Gasteiger partial charge in [0.25, 0.3) is 5.91 Å². The molecule has 3 aromatic rings. The van der Waals surface area contributed by atoms with Gasteiger partial charge < -0.3 is 24.6 Å². The fourth-order valence-corrected chi connectivity index (χ4v) is 2.81. The van der Waals surface area contributed by atoms with Crippen LogP contribution >= 0.6 is 11.6 Å². The van der Waals surface area contributed by atoms with Gasteiger partial charge in [0.2, 0.25) is 5.91 Å². The molecule has 0 aliphatic rings. The second-order valence-corrected chi connectivity index (χ2v) is 7.45. The van der Waals surface area contributed by atoms with Crippen LogP contribution in [0, 0.1) is 6.92 Å². The molecule has 0 fully saturated rings. The summed E-state index contributed by atoms with van der Waals surface area (Å²) in [5, 5.41) is 9.42. The lowest BCUT2D eigenvalue weighted by Gasteiger charge is -2.08. The zero-order chi connectivity index (χ0) is 23.6. The van der Waals surface area contributed by atoms with Crippen molar-refractivity contribution in [1.82, 2.24) is 5.16 Å². The number of carbonyl (C=O) groups is 3. The average Bonchev–Trinajstić information content (AvgIpc) is 3.19.